The third-order valence-electron chi connectivity index (χ3n) is 6.12. The summed E-state index contributed by atoms with van der Waals surface area (Å²) in [6, 6.07) is 0. The van der Waals surface area contributed by atoms with E-state index in [0.29, 0.717) is 5.54 Å². The number of nitrogens with one attached hydrogen (secondary N) is 1. The minimum Gasteiger partial charge on any atom is -0.306 e. The Hall–Kier alpha value is -0.350. The van der Waals surface area contributed by atoms with E-state index in [1.165, 1.54) is 48.7 Å². The van der Waals surface area contributed by atoms with E-state index in [4.69, 9.17) is 0 Å². The largest absolute Gasteiger partial charge is 0.306 e. The molecule has 0 aromatic carbocycles. The molecule has 0 spiro atoms. The highest BCUT2D eigenvalue weighted by Gasteiger charge is 2.50. The number of hydrogen-bond donors (Lipinski definition) is 1. The van der Waals surface area contributed by atoms with Gasteiger partial charge < -0.3 is 5.32 Å². The van der Waals surface area contributed by atoms with Gasteiger partial charge in [-0.1, -0.05) is 0 Å². The molecule has 0 atom stereocenters. The first kappa shape index (κ1) is 14.3. The van der Waals surface area contributed by atoms with Crippen LogP contribution in [0.15, 0.2) is 4.47 Å². The van der Waals surface area contributed by atoms with Crippen molar-refractivity contribution in [1.82, 2.24) is 15.1 Å². The Bertz CT molecular complexity index is 513. The molecule has 1 aromatic rings. The van der Waals surface area contributed by atoms with Gasteiger partial charge in [-0.05, 0) is 86.1 Å². The lowest BCUT2D eigenvalue weighted by Crippen LogP contribution is -2.58. The molecule has 0 amide bonds. The fraction of sp³-hybridized carbons (Fsp3) is 0.824. The molecule has 4 heteroatoms. The van der Waals surface area contributed by atoms with Crippen LogP contribution in [0, 0.1) is 24.7 Å². The Kier molecular flexibility index (Phi) is 3.45. The molecule has 4 aliphatic rings. The van der Waals surface area contributed by atoms with Gasteiger partial charge in [0.05, 0.1) is 15.9 Å². The van der Waals surface area contributed by atoms with Gasteiger partial charge in [-0.2, -0.15) is 5.10 Å². The molecule has 0 radical (unpaired) electrons. The summed E-state index contributed by atoms with van der Waals surface area (Å²) < 4.78 is 3.34. The van der Waals surface area contributed by atoms with Crippen LogP contribution < -0.4 is 5.32 Å². The first-order valence-corrected chi connectivity index (χ1v) is 9.34. The summed E-state index contributed by atoms with van der Waals surface area (Å²) in [4.78, 5) is 0. The predicted octanol–water partition coefficient (Wildman–Crippen LogP) is 4.03. The second-order valence-corrected chi connectivity index (χ2v) is 8.51. The van der Waals surface area contributed by atoms with Crippen molar-refractivity contribution in [3.63, 3.8) is 0 Å². The molecule has 1 N–H and O–H groups in total. The van der Waals surface area contributed by atoms with Crippen LogP contribution in [-0.2, 0) is 13.1 Å². The Morgan fingerprint density at radius 1 is 1.19 bits per heavy atom. The second-order valence-electron chi connectivity index (χ2n) is 7.71. The van der Waals surface area contributed by atoms with Gasteiger partial charge in [0.2, 0.25) is 0 Å². The molecule has 4 bridgehead atoms. The van der Waals surface area contributed by atoms with Crippen molar-refractivity contribution in [2.75, 3.05) is 0 Å². The predicted molar refractivity (Wildman–Crippen MR) is 88.1 cm³/mol. The van der Waals surface area contributed by atoms with Crippen LogP contribution in [0.4, 0.5) is 0 Å². The number of aromatic nitrogens is 2. The van der Waals surface area contributed by atoms with Crippen LogP contribution in [0.3, 0.4) is 0 Å². The molecule has 116 valence electrons. The Balaban J connectivity index is 1.52. The smallest absolute Gasteiger partial charge is 0.0739 e. The van der Waals surface area contributed by atoms with Gasteiger partial charge in [0.15, 0.2) is 0 Å². The van der Waals surface area contributed by atoms with Gasteiger partial charge in [0.1, 0.15) is 0 Å². The highest BCUT2D eigenvalue weighted by Crippen LogP contribution is 2.55. The zero-order chi connectivity index (χ0) is 14.6. The maximum Gasteiger partial charge on any atom is 0.0739 e. The van der Waals surface area contributed by atoms with Gasteiger partial charge in [-0.15, -0.1) is 0 Å². The summed E-state index contributed by atoms with van der Waals surface area (Å²) in [6.45, 7) is 6.17. The summed E-state index contributed by atoms with van der Waals surface area (Å²) in [7, 11) is 0. The van der Waals surface area contributed by atoms with Crippen LogP contribution in [0.1, 0.15) is 56.8 Å². The molecule has 4 saturated carbocycles. The summed E-state index contributed by atoms with van der Waals surface area (Å²) >= 11 is 3.73. The summed E-state index contributed by atoms with van der Waals surface area (Å²) in [5.41, 5.74) is 2.87. The molecule has 21 heavy (non-hydrogen) atoms. The van der Waals surface area contributed by atoms with Gasteiger partial charge >= 0.3 is 0 Å². The molecule has 4 fully saturated rings. The van der Waals surface area contributed by atoms with Crippen molar-refractivity contribution in [2.45, 2.75) is 71.0 Å². The molecule has 0 aliphatic heterocycles. The van der Waals surface area contributed by atoms with Crippen LogP contribution in [0.5, 0.6) is 0 Å². The highest BCUT2D eigenvalue weighted by molar-refractivity contribution is 9.10. The fourth-order valence-electron chi connectivity index (χ4n) is 5.64. The lowest BCUT2D eigenvalue weighted by molar-refractivity contribution is -0.0209. The van der Waals surface area contributed by atoms with E-state index in [1.807, 2.05) is 0 Å². The van der Waals surface area contributed by atoms with E-state index in [9.17, 15) is 0 Å². The third-order valence-corrected chi connectivity index (χ3v) is 7.15. The number of rotatable bonds is 4. The zero-order valence-corrected chi connectivity index (χ0v) is 14.7. The average molecular weight is 352 g/mol. The molecule has 0 saturated heterocycles. The first-order valence-electron chi connectivity index (χ1n) is 8.55. The van der Waals surface area contributed by atoms with Crippen molar-refractivity contribution in [3.05, 3.63) is 15.9 Å². The maximum atomic E-state index is 4.62. The number of aryl methyl sites for hydroxylation is 2. The van der Waals surface area contributed by atoms with Crippen LogP contribution in [0.2, 0.25) is 0 Å². The Labute approximate surface area is 136 Å². The molecule has 1 aromatic heterocycles. The van der Waals surface area contributed by atoms with Crippen LogP contribution in [-0.4, -0.2) is 15.3 Å². The lowest BCUT2D eigenvalue weighted by atomic mass is 9.53. The van der Waals surface area contributed by atoms with Crippen molar-refractivity contribution in [2.24, 2.45) is 17.8 Å². The van der Waals surface area contributed by atoms with Crippen molar-refractivity contribution in [3.8, 4) is 0 Å². The van der Waals surface area contributed by atoms with Gasteiger partial charge in [-0.25, -0.2) is 0 Å². The SMILES string of the molecule is CCn1nc(C)c(Br)c1CNC12CC3CC(CC(C3)C1)C2. The van der Waals surface area contributed by atoms with Crippen molar-refractivity contribution < 1.29 is 0 Å². The topological polar surface area (TPSA) is 29.9 Å². The molecule has 0 unspecified atom stereocenters. The number of nitrogens with zero attached hydrogens (tertiary/aromatic N) is 2. The Morgan fingerprint density at radius 3 is 2.29 bits per heavy atom. The van der Waals surface area contributed by atoms with E-state index in [-0.39, 0.29) is 0 Å². The minimum absolute atomic E-state index is 0.435. The normalized spacial score (nSPS) is 37.4. The van der Waals surface area contributed by atoms with Crippen molar-refractivity contribution in [1.29, 1.82) is 0 Å². The Morgan fingerprint density at radius 2 is 1.76 bits per heavy atom. The van der Waals surface area contributed by atoms with E-state index in [2.05, 4.69) is 44.9 Å². The minimum atomic E-state index is 0.435. The van der Waals surface area contributed by atoms with Gasteiger partial charge in [-0.3, -0.25) is 4.68 Å². The van der Waals surface area contributed by atoms with Crippen LogP contribution >= 0.6 is 15.9 Å². The molecule has 1 heterocycles. The average Bonchev–Trinajstić information content (AvgIpc) is 2.70. The van der Waals surface area contributed by atoms with E-state index in [0.717, 1.165) is 36.5 Å². The van der Waals surface area contributed by atoms with E-state index in [1.54, 1.807) is 0 Å². The first-order chi connectivity index (χ1) is 10.1. The van der Waals surface area contributed by atoms with E-state index < -0.39 is 0 Å². The molecule has 4 aliphatic carbocycles. The molecule has 3 nitrogen and oxygen atoms in total. The highest BCUT2D eigenvalue weighted by atomic mass is 79.9. The van der Waals surface area contributed by atoms with Gasteiger partial charge in [0.25, 0.3) is 0 Å². The quantitative estimate of drug-likeness (QED) is 0.887. The molecule has 5 rings (SSSR count). The summed E-state index contributed by atoms with van der Waals surface area (Å²) in [5, 5.41) is 8.61. The van der Waals surface area contributed by atoms with Crippen molar-refractivity contribution >= 4 is 15.9 Å². The lowest BCUT2D eigenvalue weighted by Gasteiger charge is -2.57. The number of hydrogen-bond acceptors (Lipinski definition) is 2. The molecular weight excluding hydrogens is 326 g/mol. The second kappa shape index (κ2) is 5.09. The summed E-state index contributed by atoms with van der Waals surface area (Å²) in [5.74, 6) is 3.01. The van der Waals surface area contributed by atoms with Gasteiger partial charge in [0, 0.05) is 18.6 Å². The third kappa shape index (κ3) is 2.39. The van der Waals surface area contributed by atoms with Crippen LogP contribution in [0.25, 0.3) is 0 Å². The van der Waals surface area contributed by atoms with E-state index >= 15 is 0 Å². The molecular formula is C17H26BrN3. The maximum absolute atomic E-state index is 4.62. The fourth-order valence-corrected chi connectivity index (χ4v) is 6.06. The number of halogens is 1. The monoisotopic (exact) mass is 351 g/mol. The zero-order valence-electron chi connectivity index (χ0n) is 13.2. The standard InChI is InChI=1S/C17H26BrN3/c1-3-21-15(16(18)11(2)20-21)10-19-17-7-12-4-13(8-17)6-14(5-12)9-17/h12-14,19H,3-10H2,1-2H3. The summed E-state index contributed by atoms with van der Waals surface area (Å²) in [6.07, 6.45) is 8.77.